The number of H-pyrrole nitrogens is 1. The molecule has 0 amide bonds. The van der Waals surface area contributed by atoms with Crippen LogP contribution in [0.4, 0.5) is 0 Å². The van der Waals surface area contributed by atoms with Crippen molar-refractivity contribution in [3.63, 3.8) is 0 Å². The lowest BCUT2D eigenvalue weighted by Crippen LogP contribution is -2.18. The normalized spacial score (nSPS) is 23.2. The SMILES string of the molecule is CCCCC1c2[nH]c3ccccc3c2CCC1C. The molecule has 1 heterocycles. The van der Waals surface area contributed by atoms with E-state index in [9.17, 15) is 0 Å². The van der Waals surface area contributed by atoms with Crippen molar-refractivity contribution in [1.29, 1.82) is 0 Å². The van der Waals surface area contributed by atoms with Crippen LogP contribution in [0.15, 0.2) is 24.3 Å². The molecule has 1 aromatic carbocycles. The Morgan fingerprint density at radius 1 is 1.28 bits per heavy atom. The molecule has 0 spiro atoms. The second-order valence-corrected chi connectivity index (χ2v) is 5.83. The number of para-hydroxylation sites is 1. The molecule has 2 atom stereocenters. The maximum Gasteiger partial charge on any atom is 0.0459 e. The highest BCUT2D eigenvalue weighted by Gasteiger charge is 2.28. The zero-order valence-corrected chi connectivity index (χ0v) is 11.5. The Morgan fingerprint density at radius 3 is 2.94 bits per heavy atom. The third-order valence-corrected chi connectivity index (χ3v) is 4.62. The highest BCUT2D eigenvalue weighted by Crippen LogP contribution is 2.41. The van der Waals surface area contributed by atoms with Crippen molar-refractivity contribution >= 4 is 10.9 Å². The van der Waals surface area contributed by atoms with Crippen LogP contribution in [0.5, 0.6) is 0 Å². The van der Waals surface area contributed by atoms with Gasteiger partial charge in [-0.3, -0.25) is 0 Å². The van der Waals surface area contributed by atoms with Gasteiger partial charge in [0.05, 0.1) is 0 Å². The first-order chi connectivity index (χ1) is 8.81. The molecule has 1 aliphatic carbocycles. The molecule has 2 aromatic rings. The van der Waals surface area contributed by atoms with Gasteiger partial charge in [-0.05, 0) is 36.8 Å². The number of aryl methyl sites for hydroxylation is 1. The van der Waals surface area contributed by atoms with Gasteiger partial charge in [-0.25, -0.2) is 0 Å². The third-order valence-electron chi connectivity index (χ3n) is 4.62. The van der Waals surface area contributed by atoms with Crippen LogP contribution in [0.1, 0.15) is 56.7 Å². The van der Waals surface area contributed by atoms with Crippen molar-refractivity contribution in [1.82, 2.24) is 4.98 Å². The number of benzene rings is 1. The van der Waals surface area contributed by atoms with Gasteiger partial charge in [0.1, 0.15) is 0 Å². The summed E-state index contributed by atoms with van der Waals surface area (Å²) in [5, 5.41) is 1.46. The van der Waals surface area contributed by atoms with Gasteiger partial charge in [0.2, 0.25) is 0 Å². The first-order valence-electron chi connectivity index (χ1n) is 7.40. The Bertz CT molecular complexity index is 538. The van der Waals surface area contributed by atoms with Crippen LogP contribution in [0.3, 0.4) is 0 Å². The molecule has 0 radical (unpaired) electrons. The van der Waals surface area contributed by atoms with E-state index in [1.54, 1.807) is 11.3 Å². The lowest BCUT2D eigenvalue weighted by atomic mass is 9.76. The standard InChI is InChI=1S/C17H23N/c1-3-4-7-13-12(2)10-11-15-14-8-5-6-9-16(14)18-17(13)15/h5-6,8-9,12-13,18H,3-4,7,10-11H2,1-2H3. The Hall–Kier alpha value is -1.24. The van der Waals surface area contributed by atoms with Crippen LogP contribution in [-0.2, 0) is 6.42 Å². The summed E-state index contributed by atoms with van der Waals surface area (Å²) in [6.45, 7) is 4.72. The van der Waals surface area contributed by atoms with Crippen LogP contribution in [-0.4, -0.2) is 4.98 Å². The van der Waals surface area contributed by atoms with E-state index in [-0.39, 0.29) is 0 Å². The Kier molecular flexibility index (Phi) is 3.15. The van der Waals surface area contributed by atoms with E-state index in [0.29, 0.717) is 0 Å². The number of aromatic amines is 1. The molecule has 1 aromatic heterocycles. The van der Waals surface area contributed by atoms with Crippen molar-refractivity contribution in [2.24, 2.45) is 5.92 Å². The molecule has 1 aliphatic rings. The molecule has 1 N–H and O–H groups in total. The van der Waals surface area contributed by atoms with Crippen molar-refractivity contribution < 1.29 is 0 Å². The molecule has 1 nitrogen and oxygen atoms in total. The molecule has 0 saturated heterocycles. The van der Waals surface area contributed by atoms with E-state index in [1.165, 1.54) is 43.0 Å². The average Bonchev–Trinajstić information content (AvgIpc) is 2.76. The molecule has 18 heavy (non-hydrogen) atoms. The first kappa shape index (κ1) is 11.8. The Balaban J connectivity index is 2.04. The quantitative estimate of drug-likeness (QED) is 0.776. The molecule has 0 saturated carbocycles. The minimum absolute atomic E-state index is 0.751. The summed E-state index contributed by atoms with van der Waals surface area (Å²) >= 11 is 0. The van der Waals surface area contributed by atoms with Gasteiger partial charge in [0.25, 0.3) is 0 Å². The van der Waals surface area contributed by atoms with Crippen LogP contribution < -0.4 is 0 Å². The molecule has 0 fully saturated rings. The minimum Gasteiger partial charge on any atom is -0.358 e. The van der Waals surface area contributed by atoms with Crippen molar-refractivity contribution in [3.05, 3.63) is 35.5 Å². The molecular weight excluding hydrogens is 218 g/mol. The predicted octanol–water partition coefficient (Wildman–Crippen LogP) is 5.02. The van der Waals surface area contributed by atoms with Gasteiger partial charge in [0.15, 0.2) is 0 Å². The van der Waals surface area contributed by atoms with Gasteiger partial charge in [-0.2, -0.15) is 0 Å². The fourth-order valence-corrected chi connectivity index (χ4v) is 3.52. The Morgan fingerprint density at radius 2 is 2.11 bits per heavy atom. The predicted molar refractivity (Wildman–Crippen MR) is 78.0 cm³/mol. The van der Waals surface area contributed by atoms with E-state index < -0.39 is 0 Å². The zero-order valence-electron chi connectivity index (χ0n) is 11.5. The molecule has 1 heteroatoms. The van der Waals surface area contributed by atoms with Gasteiger partial charge < -0.3 is 4.98 Å². The van der Waals surface area contributed by atoms with Crippen LogP contribution in [0.25, 0.3) is 10.9 Å². The van der Waals surface area contributed by atoms with Gasteiger partial charge in [0, 0.05) is 22.5 Å². The van der Waals surface area contributed by atoms with Crippen LogP contribution in [0, 0.1) is 5.92 Å². The second-order valence-electron chi connectivity index (χ2n) is 5.83. The van der Waals surface area contributed by atoms with Crippen LogP contribution in [0.2, 0.25) is 0 Å². The molecule has 2 unspecified atom stereocenters. The van der Waals surface area contributed by atoms with E-state index in [4.69, 9.17) is 0 Å². The van der Waals surface area contributed by atoms with Gasteiger partial charge >= 0.3 is 0 Å². The Labute approximate surface area is 110 Å². The van der Waals surface area contributed by atoms with Crippen LogP contribution >= 0.6 is 0 Å². The summed E-state index contributed by atoms with van der Waals surface area (Å²) in [7, 11) is 0. The second kappa shape index (κ2) is 4.79. The lowest BCUT2D eigenvalue weighted by molar-refractivity contribution is 0.371. The first-order valence-corrected chi connectivity index (χ1v) is 7.40. The molecule has 0 bridgehead atoms. The molecular formula is C17H23N. The number of hydrogen-bond acceptors (Lipinski definition) is 0. The van der Waals surface area contributed by atoms with E-state index in [2.05, 4.69) is 43.1 Å². The fraction of sp³-hybridized carbons (Fsp3) is 0.529. The number of hydrogen-bond donors (Lipinski definition) is 1. The molecule has 3 rings (SSSR count). The average molecular weight is 241 g/mol. The molecule has 0 aliphatic heterocycles. The van der Waals surface area contributed by atoms with Gasteiger partial charge in [-0.1, -0.05) is 44.9 Å². The van der Waals surface area contributed by atoms with E-state index in [0.717, 1.165) is 11.8 Å². The largest absolute Gasteiger partial charge is 0.358 e. The smallest absolute Gasteiger partial charge is 0.0459 e. The minimum atomic E-state index is 0.751. The lowest BCUT2D eigenvalue weighted by Gasteiger charge is -2.29. The van der Waals surface area contributed by atoms with Crippen molar-refractivity contribution in [3.8, 4) is 0 Å². The summed E-state index contributed by atoms with van der Waals surface area (Å²) in [6.07, 6.45) is 6.60. The summed E-state index contributed by atoms with van der Waals surface area (Å²) in [6, 6.07) is 8.79. The van der Waals surface area contributed by atoms with Crippen molar-refractivity contribution in [2.75, 3.05) is 0 Å². The summed E-state index contributed by atoms with van der Waals surface area (Å²) in [4.78, 5) is 3.71. The highest BCUT2D eigenvalue weighted by molar-refractivity contribution is 5.85. The van der Waals surface area contributed by atoms with Gasteiger partial charge in [-0.15, -0.1) is 0 Å². The zero-order chi connectivity index (χ0) is 12.5. The summed E-state index contributed by atoms with van der Waals surface area (Å²) < 4.78 is 0. The maximum absolute atomic E-state index is 3.71. The number of fused-ring (bicyclic) bond motifs is 3. The fourth-order valence-electron chi connectivity index (χ4n) is 3.52. The van der Waals surface area contributed by atoms with Crippen molar-refractivity contribution in [2.45, 2.75) is 51.9 Å². The summed E-state index contributed by atoms with van der Waals surface area (Å²) in [5.41, 5.74) is 4.48. The van der Waals surface area contributed by atoms with E-state index in [1.807, 2.05) is 0 Å². The van der Waals surface area contributed by atoms with E-state index >= 15 is 0 Å². The monoisotopic (exact) mass is 241 g/mol. The number of unbranched alkanes of at least 4 members (excludes halogenated alkanes) is 1. The maximum atomic E-state index is 3.71. The topological polar surface area (TPSA) is 15.8 Å². The number of aromatic nitrogens is 1. The number of nitrogens with one attached hydrogen (secondary N) is 1. The summed E-state index contributed by atoms with van der Waals surface area (Å²) in [5.74, 6) is 1.58. The third kappa shape index (κ3) is 1.86. The molecule has 96 valence electrons. The highest BCUT2D eigenvalue weighted by atomic mass is 14.7. The number of rotatable bonds is 3.